The summed E-state index contributed by atoms with van der Waals surface area (Å²) in [5.74, 6) is -1.43. The van der Waals surface area contributed by atoms with Crippen LogP contribution in [-0.2, 0) is 11.3 Å². The highest BCUT2D eigenvalue weighted by Crippen LogP contribution is 2.07. The monoisotopic (exact) mass is 231 g/mol. The lowest BCUT2D eigenvalue weighted by molar-refractivity contribution is 0.0460. The second-order valence-electron chi connectivity index (χ2n) is 3.40. The summed E-state index contributed by atoms with van der Waals surface area (Å²) in [6.07, 6.45) is 1.35. The maximum Gasteiger partial charge on any atom is 0.360 e. The number of rotatable bonds is 3. The second-order valence-corrected chi connectivity index (χ2v) is 3.40. The summed E-state index contributed by atoms with van der Waals surface area (Å²) in [5.41, 5.74) is 0.556. The lowest BCUT2D eigenvalue weighted by Crippen LogP contribution is -2.09. The molecule has 17 heavy (non-hydrogen) atoms. The molecule has 1 aromatic carbocycles. The molecule has 0 fully saturated rings. The topological polar surface area (TPSA) is 39.2 Å². The molecule has 0 aliphatic heterocycles. The van der Waals surface area contributed by atoms with Gasteiger partial charge in [0.15, 0.2) is 11.5 Å². The SMILES string of the molecule is O=C(OCc1ccccc1)c1ncccc1F. The molecule has 1 aromatic heterocycles. The van der Waals surface area contributed by atoms with Crippen molar-refractivity contribution in [1.29, 1.82) is 0 Å². The molecule has 1 heterocycles. The summed E-state index contributed by atoms with van der Waals surface area (Å²) in [4.78, 5) is 15.2. The van der Waals surface area contributed by atoms with Crippen molar-refractivity contribution in [2.45, 2.75) is 6.61 Å². The zero-order chi connectivity index (χ0) is 12.1. The summed E-state index contributed by atoms with van der Waals surface area (Å²) in [6, 6.07) is 11.8. The van der Waals surface area contributed by atoms with Crippen LogP contribution in [0.4, 0.5) is 4.39 Å². The molecule has 3 nitrogen and oxygen atoms in total. The third-order valence-electron chi connectivity index (χ3n) is 2.16. The summed E-state index contributed by atoms with van der Waals surface area (Å²) < 4.78 is 18.2. The average molecular weight is 231 g/mol. The molecule has 0 aliphatic carbocycles. The first-order chi connectivity index (χ1) is 8.27. The third-order valence-corrected chi connectivity index (χ3v) is 2.16. The minimum absolute atomic E-state index is 0.107. The first-order valence-corrected chi connectivity index (χ1v) is 5.09. The zero-order valence-electron chi connectivity index (χ0n) is 8.97. The molecule has 0 radical (unpaired) electrons. The Kier molecular flexibility index (Phi) is 3.45. The van der Waals surface area contributed by atoms with Crippen LogP contribution in [0.3, 0.4) is 0 Å². The summed E-state index contributed by atoms with van der Waals surface area (Å²) >= 11 is 0. The maximum atomic E-state index is 13.2. The number of ether oxygens (including phenoxy) is 1. The molecule has 0 N–H and O–H groups in total. The van der Waals surface area contributed by atoms with Crippen LogP contribution in [0.1, 0.15) is 16.1 Å². The van der Waals surface area contributed by atoms with Crippen molar-refractivity contribution in [3.8, 4) is 0 Å². The first kappa shape index (κ1) is 11.3. The molecular weight excluding hydrogens is 221 g/mol. The first-order valence-electron chi connectivity index (χ1n) is 5.09. The number of hydrogen-bond acceptors (Lipinski definition) is 3. The van der Waals surface area contributed by atoms with Gasteiger partial charge in [-0.2, -0.15) is 0 Å². The Labute approximate surface area is 97.9 Å². The largest absolute Gasteiger partial charge is 0.456 e. The number of hydrogen-bond donors (Lipinski definition) is 0. The highest BCUT2D eigenvalue weighted by Gasteiger charge is 2.13. The second kappa shape index (κ2) is 5.21. The lowest BCUT2D eigenvalue weighted by atomic mass is 10.2. The molecule has 0 unspecified atom stereocenters. The van der Waals surface area contributed by atoms with Crippen molar-refractivity contribution in [2.24, 2.45) is 0 Å². The molecule has 86 valence electrons. The maximum absolute atomic E-state index is 13.2. The number of aromatic nitrogens is 1. The summed E-state index contributed by atoms with van der Waals surface area (Å²) in [6.45, 7) is 0.107. The molecule has 2 rings (SSSR count). The third kappa shape index (κ3) is 2.87. The van der Waals surface area contributed by atoms with E-state index in [4.69, 9.17) is 4.74 Å². The average Bonchev–Trinajstić information content (AvgIpc) is 2.38. The summed E-state index contributed by atoms with van der Waals surface area (Å²) in [7, 11) is 0. The van der Waals surface area contributed by atoms with Gasteiger partial charge in [-0.15, -0.1) is 0 Å². The van der Waals surface area contributed by atoms with Gasteiger partial charge in [-0.25, -0.2) is 14.2 Å². The van der Waals surface area contributed by atoms with Gasteiger partial charge in [0.1, 0.15) is 6.61 Å². The lowest BCUT2D eigenvalue weighted by Gasteiger charge is -2.04. The normalized spacial score (nSPS) is 9.94. The van der Waals surface area contributed by atoms with E-state index in [9.17, 15) is 9.18 Å². The molecule has 0 bridgehead atoms. The van der Waals surface area contributed by atoms with Crippen molar-refractivity contribution in [3.05, 3.63) is 65.7 Å². The molecule has 0 aliphatic rings. The standard InChI is InChI=1S/C13H10FNO2/c14-11-7-4-8-15-12(11)13(16)17-9-10-5-2-1-3-6-10/h1-8H,9H2. The van der Waals surface area contributed by atoms with E-state index in [0.29, 0.717) is 0 Å². The Hall–Kier alpha value is -2.23. The van der Waals surface area contributed by atoms with Crippen molar-refractivity contribution >= 4 is 5.97 Å². The van der Waals surface area contributed by atoms with Crippen LogP contribution >= 0.6 is 0 Å². The minimum Gasteiger partial charge on any atom is -0.456 e. The van der Waals surface area contributed by atoms with Crippen molar-refractivity contribution < 1.29 is 13.9 Å². The highest BCUT2D eigenvalue weighted by atomic mass is 19.1. The Morgan fingerprint density at radius 1 is 1.18 bits per heavy atom. The Morgan fingerprint density at radius 2 is 1.94 bits per heavy atom. The van der Waals surface area contributed by atoms with Crippen LogP contribution in [0.25, 0.3) is 0 Å². The highest BCUT2D eigenvalue weighted by molar-refractivity contribution is 5.87. The summed E-state index contributed by atoms with van der Waals surface area (Å²) in [5, 5.41) is 0. The van der Waals surface area contributed by atoms with E-state index in [1.165, 1.54) is 18.3 Å². The van der Waals surface area contributed by atoms with Crippen LogP contribution < -0.4 is 0 Å². The van der Waals surface area contributed by atoms with Gasteiger partial charge >= 0.3 is 5.97 Å². The molecular formula is C13H10FNO2. The van der Waals surface area contributed by atoms with Crippen molar-refractivity contribution in [2.75, 3.05) is 0 Å². The van der Waals surface area contributed by atoms with E-state index < -0.39 is 11.8 Å². The fraction of sp³-hybridized carbons (Fsp3) is 0.0769. The zero-order valence-corrected chi connectivity index (χ0v) is 8.97. The Morgan fingerprint density at radius 3 is 2.65 bits per heavy atom. The van der Waals surface area contributed by atoms with E-state index >= 15 is 0 Å². The van der Waals surface area contributed by atoms with Gasteiger partial charge in [-0.3, -0.25) is 0 Å². The van der Waals surface area contributed by atoms with Gasteiger partial charge in [-0.1, -0.05) is 30.3 Å². The number of carbonyl (C=O) groups is 1. The van der Waals surface area contributed by atoms with Gasteiger partial charge in [0.2, 0.25) is 0 Å². The Balaban J connectivity index is 2.01. The molecule has 0 atom stereocenters. The smallest absolute Gasteiger partial charge is 0.360 e. The molecule has 0 saturated heterocycles. The molecule has 0 spiro atoms. The predicted octanol–water partition coefficient (Wildman–Crippen LogP) is 2.58. The van der Waals surface area contributed by atoms with Gasteiger partial charge in [0.05, 0.1) is 0 Å². The van der Waals surface area contributed by atoms with E-state index in [0.717, 1.165) is 5.56 Å². The van der Waals surface area contributed by atoms with E-state index in [1.54, 1.807) is 0 Å². The Bertz CT molecular complexity index is 514. The van der Waals surface area contributed by atoms with E-state index in [2.05, 4.69) is 4.98 Å². The van der Waals surface area contributed by atoms with Crippen LogP contribution in [-0.4, -0.2) is 11.0 Å². The fourth-order valence-corrected chi connectivity index (χ4v) is 1.33. The van der Waals surface area contributed by atoms with Crippen molar-refractivity contribution in [3.63, 3.8) is 0 Å². The quantitative estimate of drug-likeness (QED) is 0.762. The molecule has 2 aromatic rings. The fourth-order valence-electron chi connectivity index (χ4n) is 1.33. The molecule has 4 heteroatoms. The number of esters is 1. The van der Waals surface area contributed by atoms with Gasteiger partial charge in [-0.05, 0) is 17.7 Å². The van der Waals surface area contributed by atoms with Gasteiger partial charge < -0.3 is 4.74 Å². The van der Waals surface area contributed by atoms with Gasteiger partial charge in [0, 0.05) is 6.20 Å². The molecule has 0 saturated carbocycles. The van der Waals surface area contributed by atoms with Gasteiger partial charge in [0.25, 0.3) is 0 Å². The van der Waals surface area contributed by atoms with E-state index in [1.807, 2.05) is 30.3 Å². The number of nitrogens with zero attached hydrogens (tertiary/aromatic N) is 1. The molecule has 0 amide bonds. The number of halogens is 1. The minimum atomic E-state index is -0.757. The van der Waals surface area contributed by atoms with Crippen LogP contribution in [0, 0.1) is 5.82 Å². The predicted molar refractivity (Wildman–Crippen MR) is 59.8 cm³/mol. The van der Waals surface area contributed by atoms with E-state index in [-0.39, 0.29) is 12.3 Å². The van der Waals surface area contributed by atoms with Crippen LogP contribution in [0.5, 0.6) is 0 Å². The van der Waals surface area contributed by atoms with Crippen molar-refractivity contribution in [1.82, 2.24) is 4.98 Å². The number of pyridine rings is 1. The van der Waals surface area contributed by atoms with Crippen LogP contribution in [0.15, 0.2) is 48.7 Å². The van der Waals surface area contributed by atoms with Crippen LogP contribution in [0.2, 0.25) is 0 Å². The number of carbonyl (C=O) groups excluding carboxylic acids is 1. The number of benzene rings is 1.